The van der Waals surface area contributed by atoms with Crippen LogP contribution in [0, 0.1) is 0 Å². The Morgan fingerprint density at radius 3 is 2.93 bits per heavy atom. The molecule has 0 saturated carbocycles. The molecule has 15 heavy (non-hydrogen) atoms. The first kappa shape index (κ1) is 10.6. The molecule has 0 atom stereocenters. The van der Waals surface area contributed by atoms with Crippen LogP contribution in [0.5, 0.6) is 0 Å². The lowest BCUT2D eigenvalue weighted by Crippen LogP contribution is -2.35. The van der Waals surface area contributed by atoms with E-state index in [-0.39, 0.29) is 5.54 Å². The molecule has 2 heterocycles. The van der Waals surface area contributed by atoms with Crippen molar-refractivity contribution in [1.29, 1.82) is 0 Å². The highest BCUT2D eigenvalue weighted by atomic mass is 16.5. The standard InChI is InChI=1S/C11H19N3O/c1-11(2,12)6-10-8-7-14(3)5-4-9(8)13-15-10/h4-7,12H2,1-3H3. The van der Waals surface area contributed by atoms with Gasteiger partial charge in [0.05, 0.1) is 5.69 Å². The van der Waals surface area contributed by atoms with Crippen LogP contribution >= 0.6 is 0 Å². The Morgan fingerprint density at radius 1 is 1.53 bits per heavy atom. The summed E-state index contributed by atoms with van der Waals surface area (Å²) in [6.07, 6.45) is 1.74. The zero-order valence-electron chi connectivity index (χ0n) is 9.71. The third kappa shape index (κ3) is 2.38. The van der Waals surface area contributed by atoms with Gasteiger partial charge in [0.15, 0.2) is 0 Å². The molecule has 2 N–H and O–H groups in total. The van der Waals surface area contributed by atoms with Crippen LogP contribution in [0.1, 0.15) is 30.9 Å². The summed E-state index contributed by atoms with van der Waals surface area (Å²) in [5.74, 6) is 0.962. The van der Waals surface area contributed by atoms with E-state index in [2.05, 4.69) is 17.1 Å². The summed E-state index contributed by atoms with van der Waals surface area (Å²) < 4.78 is 5.39. The third-order valence-electron chi connectivity index (χ3n) is 2.73. The van der Waals surface area contributed by atoms with E-state index in [1.54, 1.807) is 0 Å². The van der Waals surface area contributed by atoms with Gasteiger partial charge in [-0.3, -0.25) is 0 Å². The fraction of sp³-hybridized carbons (Fsp3) is 0.727. The van der Waals surface area contributed by atoms with E-state index in [4.69, 9.17) is 10.3 Å². The normalized spacial score (nSPS) is 17.9. The summed E-state index contributed by atoms with van der Waals surface area (Å²) in [7, 11) is 2.12. The highest BCUT2D eigenvalue weighted by molar-refractivity contribution is 5.26. The Labute approximate surface area is 90.4 Å². The van der Waals surface area contributed by atoms with Crippen LogP contribution in [0.25, 0.3) is 0 Å². The van der Waals surface area contributed by atoms with Crippen LogP contribution in [0.3, 0.4) is 0 Å². The summed E-state index contributed by atoms with van der Waals surface area (Å²) in [5, 5.41) is 4.12. The van der Waals surface area contributed by atoms with Crippen LogP contribution in [0.15, 0.2) is 4.52 Å². The van der Waals surface area contributed by atoms with Gasteiger partial charge in [-0.25, -0.2) is 0 Å². The smallest absolute Gasteiger partial charge is 0.143 e. The predicted molar refractivity (Wildman–Crippen MR) is 58.5 cm³/mol. The van der Waals surface area contributed by atoms with E-state index in [9.17, 15) is 0 Å². The van der Waals surface area contributed by atoms with Crippen molar-refractivity contribution in [1.82, 2.24) is 10.1 Å². The molecule has 0 radical (unpaired) electrons. The van der Waals surface area contributed by atoms with Crippen molar-refractivity contribution in [2.24, 2.45) is 5.73 Å². The average Bonchev–Trinajstić information content (AvgIpc) is 2.46. The number of hydrogen-bond donors (Lipinski definition) is 1. The lowest BCUT2D eigenvalue weighted by atomic mass is 9.96. The second-order valence-electron chi connectivity index (χ2n) is 5.18. The van der Waals surface area contributed by atoms with E-state index in [0.29, 0.717) is 0 Å². The Balaban J connectivity index is 2.23. The first-order valence-corrected chi connectivity index (χ1v) is 5.39. The molecule has 0 fully saturated rings. The molecule has 1 aromatic heterocycles. The van der Waals surface area contributed by atoms with E-state index < -0.39 is 0 Å². The molecule has 0 amide bonds. The third-order valence-corrected chi connectivity index (χ3v) is 2.73. The SMILES string of the molecule is CN1CCc2noc(CC(C)(C)N)c2C1. The van der Waals surface area contributed by atoms with Gasteiger partial charge in [0, 0.05) is 37.0 Å². The van der Waals surface area contributed by atoms with Crippen molar-refractivity contribution < 1.29 is 4.52 Å². The molecule has 0 aromatic carbocycles. The summed E-state index contributed by atoms with van der Waals surface area (Å²) in [4.78, 5) is 2.28. The topological polar surface area (TPSA) is 55.3 Å². The van der Waals surface area contributed by atoms with Gasteiger partial charge in [0.1, 0.15) is 5.76 Å². The quantitative estimate of drug-likeness (QED) is 0.787. The van der Waals surface area contributed by atoms with Crippen LogP contribution in [0.4, 0.5) is 0 Å². The number of likely N-dealkylation sites (N-methyl/N-ethyl adjacent to an activating group) is 1. The molecule has 1 aliphatic rings. The highest BCUT2D eigenvalue weighted by Crippen LogP contribution is 2.23. The molecule has 1 aliphatic heterocycles. The van der Waals surface area contributed by atoms with E-state index in [1.807, 2.05) is 13.8 Å². The lowest BCUT2D eigenvalue weighted by Gasteiger charge is -2.22. The van der Waals surface area contributed by atoms with E-state index in [1.165, 1.54) is 5.56 Å². The summed E-state index contributed by atoms with van der Waals surface area (Å²) in [5.41, 5.74) is 8.13. The Bertz CT molecular complexity index is 351. The predicted octanol–water partition coefficient (Wildman–Crippen LogP) is 0.942. The van der Waals surface area contributed by atoms with Gasteiger partial charge in [-0.1, -0.05) is 5.16 Å². The Hall–Kier alpha value is -0.870. The molecule has 0 spiro atoms. The maximum atomic E-state index is 5.99. The van der Waals surface area contributed by atoms with Gasteiger partial charge in [0.25, 0.3) is 0 Å². The molecule has 4 nitrogen and oxygen atoms in total. The van der Waals surface area contributed by atoms with Crippen LogP contribution in [-0.2, 0) is 19.4 Å². The Kier molecular flexibility index (Phi) is 2.56. The van der Waals surface area contributed by atoms with Crippen molar-refractivity contribution in [2.75, 3.05) is 13.6 Å². The van der Waals surface area contributed by atoms with Gasteiger partial charge in [-0.2, -0.15) is 0 Å². The van der Waals surface area contributed by atoms with E-state index in [0.717, 1.165) is 37.4 Å². The fourth-order valence-electron chi connectivity index (χ4n) is 1.96. The minimum atomic E-state index is -0.233. The van der Waals surface area contributed by atoms with E-state index >= 15 is 0 Å². The lowest BCUT2D eigenvalue weighted by molar-refractivity contribution is 0.310. The van der Waals surface area contributed by atoms with Crippen LogP contribution in [0.2, 0.25) is 0 Å². The first-order chi connectivity index (χ1) is 6.96. The molecule has 0 bridgehead atoms. The first-order valence-electron chi connectivity index (χ1n) is 5.39. The van der Waals surface area contributed by atoms with Gasteiger partial charge >= 0.3 is 0 Å². The second kappa shape index (κ2) is 3.61. The molecule has 2 rings (SSSR count). The van der Waals surface area contributed by atoms with Gasteiger partial charge in [-0.15, -0.1) is 0 Å². The van der Waals surface area contributed by atoms with Crippen molar-refractivity contribution >= 4 is 0 Å². The van der Waals surface area contributed by atoms with Crippen LogP contribution in [-0.4, -0.2) is 29.2 Å². The van der Waals surface area contributed by atoms with Gasteiger partial charge < -0.3 is 15.2 Å². The van der Waals surface area contributed by atoms with Crippen molar-refractivity contribution in [3.8, 4) is 0 Å². The molecular formula is C11H19N3O. The zero-order valence-corrected chi connectivity index (χ0v) is 9.71. The maximum Gasteiger partial charge on any atom is 0.143 e. The minimum absolute atomic E-state index is 0.233. The summed E-state index contributed by atoms with van der Waals surface area (Å²) >= 11 is 0. The summed E-state index contributed by atoms with van der Waals surface area (Å²) in [6.45, 7) is 6.01. The molecular weight excluding hydrogens is 190 g/mol. The zero-order chi connectivity index (χ0) is 11.1. The maximum absolute atomic E-state index is 5.99. The Morgan fingerprint density at radius 2 is 2.27 bits per heavy atom. The summed E-state index contributed by atoms with van der Waals surface area (Å²) in [6, 6.07) is 0. The van der Waals surface area contributed by atoms with Crippen molar-refractivity contribution in [2.45, 2.75) is 38.8 Å². The molecule has 1 aromatic rings. The average molecular weight is 209 g/mol. The largest absolute Gasteiger partial charge is 0.361 e. The van der Waals surface area contributed by atoms with Crippen LogP contribution < -0.4 is 5.73 Å². The number of aromatic nitrogens is 1. The van der Waals surface area contributed by atoms with Crippen molar-refractivity contribution in [3.63, 3.8) is 0 Å². The van der Waals surface area contributed by atoms with Gasteiger partial charge in [0.2, 0.25) is 0 Å². The fourth-order valence-corrected chi connectivity index (χ4v) is 1.96. The molecule has 0 saturated heterocycles. The van der Waals surface area contributed by atoms with Gasteiger partial charge in [-0.05, 0) is 20.9 Å². The number of nitrogens with two attached hydrogens (primary N) is 1. The molecule has 84 valence electrons. The highest BCUT2D eigenvalue weighted by Gasteiger charge is 2.25. The molecule has 4 heteroatoms. The number of fused-ring (bicyclic) bond motifs is 1. The van der Waals surface area contributed by atoms with Crippen molar-refractivity contribution in [3.05, 3.63) is 17.0 Å². The second-order valence-corrected chi connectivity index (χ2v) is 5.18. The molecule has 0 aliphatic carbocycles. The molecule has 0 unspecified atom stereocenters. The number of nitrogens with zero attached hydrogens (tertiary/aromatic N) is 2. The monoisotopic (exact) mass is 209 g/mol. The number of rotatable bonds is 2. The number of hydrogen-bond acceptors (Lipinski definition) is 4. The minimum Gasteiger partial charge on any atom is -0.361 e.